The highest BCUT2D eigenvalue weighted by atomic mass is 32.2. The highest BCUT2D eigenvalue weighted by Gasteiger charge is 2.03. The van der Waals surface area contributed by atoms with Crippen molar-refractivity contribution in [2.75, 3.05) is 0 Å². The number of allylic oxidation sites excluding steroid dienone is 2. The Kier molecular flexibility index (Phi) is 2.57. The van der Waals surface area contributed by atoms with Crippen LogP contribution in [0.3, 0.4) is 0 Å². The van der Waals surface area contributed by atoms with Gasteiger partial charge in [0.25, 0.3) is 0 Å². The van der Waals surface area contributed by atoms with Crippen LogP contribution in [0.2, 0.25) is 0 Å². The first kappa shape index (κ1) is 7.41. The molecule has 10 heavy (non-hydrogen) atoms. The average Bonchev–Trinajstić information content (AvgIpc) is 2.40. The Bertz CT molecular complexity index is 172. The maximum Gasteiger partial charge on any atom is 0.316 e. The molecule has 0 aromatic rings. The van der Waals surface area contributed by atoms with Gasteiger partial charge in [0, 0.05) is 6.42 Å². The van der Waals surface area contributed by atoms with E-state index < -0.39 is 11.2 Å². The molecule has 3 heteroatoms. The van der Waals surface area contributed by atoms with E-state index in [0.717, 1.165) is 0 Å². The lowest BCUT2D eigenvalue weighted by molar-refractivity contribution is -0.132. The number of hydrogen-bond donors (Lipinski definition) is 1. The van der Waals surface area contributed by atoms with Crippen LogP contribution < -0.4 is 0 Å². The van der Waals surface area contributed by atoms with Crippen LogP contribution in [0.25, 0.3) is 0 Å². The minimum atomic E-state index is -0.701. The standard InChI is InChI=1S/C7H10O2S/c1-2-7(8)9-10-5-3-4-6-10/h3-6,10H,2H2,1H3. The maximum absolute atomic E-state index is 10.7. The quantitative estimate of drug-likeness (QED) is 0.621. The summed E-state index contributed by atoms with van der Waals surface area (Å²) < 4.78 is 5.01. The Morgan fingerprint density at radius 3 is 2.60 bits per heavy atom. The summed E-state index contributed by atoms with van der Waals surface area (Å²) in [5.41, 5.74) is 0. The topological polar surface area (TPSA) is 26.3 Å². The van der Waals surface area contributed by atoms with Gasteiger partial charge in [0.1, 0.15) is 0 Å². The zero-order valence-corrected chi connectivity index (χ0v) is 6.67. The van der Waals surface area contributed by atoms with E-state index in [9.17, 15) is 4.79 Å². The van der Waals surface area contributed by atoms with Crippen molar-refractivity contribution in [2.24, 2.45) is 0 Å². The van der Waals surface area contributed by atoms with E-state index in [0.29, 0.717) is 6.42 Å². The second-order valence-corrected chi connectivity index (χ2v) is 3.36. The average molecular weight is 158 g/mol. The SMILES string of the molecule is CCC(=O)O[SH]1C=CC=C1. The first-order valence-corrected chi connectivity index (χ1v) is 4.57. The molecule has 56 valence electrons. The first-order chi connectivity index (χ1) is 4.83. The molecule has 0 unspecified atom stereocenters. The molecule has 1 aliphatic rings. The van der Waals surface area contributed by atoms with Gasteiger partial charge in [0.15, 0.2) is 0 Å². The third-order valence-corrected chi connectivity index (χ3v) is 2.42. The number of hydrogen-bond acceptors (Lipinski definition) is 2. The Balaban J connectivity index is 2.32. The van der Waals surface area contributed by atoms with Crippen LogP contribution in [0.15, 0.2) is 23.0 Å². The molecule has 1 rings (SSSR count). The first-order valence-electron chi connectivity index (χ1n) is 3.17. The van der Waals surface area contributed by atoms with Crippen molar-refractivity contribution in [3.05, 3.63) is 23.0 Å². The van der Waals surface area contributed by atoms with Crippen LogP contribution in [-0.2, 0) is 8.98 Å². The van der Waals surface area contributed by atoms with Crippen molar-refractivity contribution in [3.8, 4) is 0 Å². The van der Waals surface area contributed by atoms with E-state index in [1.54, 1.807) is 6.92 Å². The second kappa shape index (κ2) is 3.46. The molecule has 1 heterocycles. The van der Waals surface area contributed by atoms with Gasteiger partial charge in [-0.15, -0.1) is 0 Å². The molecule has 0 N–H and O–H groups in total. The molecule has 0 atom stereocenters. The summed E-state index contributed by atoms with van der Waals surface area (Å²) in [6, 6.07) is 0. The molecule has 0 aliphatic carbocycles. The van der Waals surface area contributed by atoms with E-state index in [1.165, 1.54) is 0 Å². The largest absolute Gasteiger partial charge is 0.410 e. The number of carbonyl (C=O) groups excluding carboxylic acids is 1. The molecule has 0 radical (unpaired) electrons. The summed E-state index contributed by atoms with van der Waals surface area (Å²) in [5.74, 6) is -0.123. The minimum Gasteiger partial charge on any atom is -0.410 e. The maximum atomic E-state index is 10.7. The molecular formula is C7H10O2S. The summed E-state index contributed by atoms with van der Waals surface area (Å²) in [7, 11) is 0. The number of rotatable bonds is 2. The molecule has 2 nitrogen and oxygen atoms in total. The highest BCUT2D eigenvalue weighted by molar-refractivity contribution is 8.18. The van der Waals surface area contributed by atoms with Crippen LogP contribution in [-0.4, -0.2) is 5.97 Å². The fourth-order valence-electron chi connectivity index (χ4n) is 0.562. The van der Waals surface area contributed by atoms with Crippen molar-refractivity contribution in [3.63, 3.8) is 0 Å². The van der Waals surface area contributed by atoms with Crippen molar-refractivity contribution in [2.45, 2.75) is 13.3 Å². The summed E-state index contributed by atoms with van der Waals surface area (Å²) in [6.07, 6.45) is 4.25. The van der Waals surface area contributed by atoms with Gasteiger partial charge < -0.3 is 4.18 Å². The van der Waals surface area contributed by atoms with E-state index in [2.05, 4.69) is 0 Å². The second-order valence-electron chi connectivity index (χ2n) is 1.86. The molecule has 0 aromatic carbocycles. The van der Waals surface area contributed by atoms with Crippen LogP contribution in [0, 0.1) is 0 Å². The third-order valence-electron chi connectivity index (χ3n) is 1.07. The fourth-order valence-corrected chi connectivity index (χ4v) is 1.69. The normalized spacial score (nSPS) is 17.9. The zero-order valence-electron chi connectivity index (χ0n) is 5.78. The van der Waals surface area contributed by atoms with E-state index in [1.807, 2.05) is 23.0 Å². The van der Waals surface area contributed by atoms with E-state index in [4.69, 9.17) is 4.18 Å². The lowest BCUT2D eigenvalue weighted by Gasteiger charge is -2.09. The van der Waals surface area contributed by atoms with Crippen LogP contribution >= 0.6 is 11.2 Å². The number of carbonyl (C=O) groups is 1. The lowest BCUT2D eigenvalue weighted by atomic mass is 10.5. The predicted octanol–water partition coefficient (Wildman–Crippen LogP) is 1.90. The van der Waals surface area contributed by atoms with E-state index in [-0.39, 0.29) is 5.97 Å². The predicted molar refractivity (Wildman–Crippen MR) is 43.6 cm³/mol. The summed E-state index contributed by atoms with van der Waals surface area (Å²) in [4.78, 5) is 10.7. The van der Waals surface area contributed by atoms with E-state index >= 15 is 0 Å². The van der Waals surface area contributed by atoms with Gasteiger partial charge in [-0.25, -0.2) is 0 Å². The molecule has 0 saturated carbocycles. The molecule has 0 bridgehead atoms. The van der Waals surface area contributed by atoms with Gasteiger partial charge in [-0.2, -0.15) is 0 Å². The summed E-state index contributed by atoms with van der Waals surface area (Å²) >= 11 is -0.701. The molecule has 0 spiro atoms. The fraction of sp³-hybridized carbons (Fsp3) is 0.286. The molecule has 0 amide bonds. The Morgan fingerprint density at radius 2 is 2.10 bits per heavy atom. The Hall–Kier alpha value is -0.700. The molecule has 0 saturated heterocycles. The van der Waals surface area contributed by atoms with Crippen molar-refractivity contribution < 1.29 is 8.98 Å². The van der Waals surface area contributed by atoms with Crippen LogP contribution in [0.5, 0.6) is 0 Å². The van der Waals surface area contributed by atoms with Crippen molar-refractivity contribution in [1.29, 1.82) is 0 Å². The van der Waals surface area contributed by atoms with Crippen molar-refractivity contribution >= 4 is 17.1 Å². The molecule has 0 aromatic heterocycles. The summed E-state index contributed by atoms with van der Waals surface area (Å²) in [6.45, 7) is 1.79. The minimum absolute atomic E-state index is 0.123. The molecule has 1 aliphatic heterocycles. The van der Waals surface area contributed by atoms with Gasteiger partial charge >= 0.3 is 5.97 Å². The highest BCUT2D eigenvalue weighted by Crippen LogP contribution is 2.33. The summed E-state index contributed by atoms with van der Waals surface area (Å²) in [5, 5.41) is 3.81. The van der Waals surface area contributed by atoms with Gasteiger partial charge in [0.2, 0.25) is 0 Å². The van der Waals surface area contributed by atoms with Crippen molar-refractivity contribution in [1.82, 2.24) is 0 Å². The van der Waals surface area contributed by atoms with Crippen LogP contribution in [0.4, 0.5) is 0 Å². The lowest BCUT2D eigenvalue weighted by Crippen LogP contribution is -1.96. The monoisotopic (exact) mass is 158 g/mol. The van der Waals surface area contributed by atoms with Gasteiger partial charge in [-0.1, -0.05) is 30.3 Å². The number of thiol groups is 1. The van der Waals surface area contributed by atoms with Gasteiger partial charge in [-0.3, -0.25) is 4.79 Å². The Labute approximate surface area is 63.1 Å². The molecule has 0 fully saturated rings. The smallest absolute Gasteiger partial charge is 0.316 e. The van der Waals surface area contributed by atoms with Crippen LogP contribution in [0.1, 0.15) is 13.3 Å². The van der Waals surface area contributed by atoms with Gasteiger partial charge in [0.05, 0.1) is 0 Å². The Morgan fingerprint density at radius 1 is 1.50 bits per heavy atom. The third kappa shape index (κ3) is 1.92. The molecular weight excluding hydrogens is 148 g/mol. The zero-order chi connectivity index (χ0) is 7.40. The van der Waals surface area contributed by atoms with Gasteiger partial charge in [-0.05, 0) is 10.8 Å².